The van der Waals surface area contributed by atoms with E-state index in [4.69, 9.17) is 5.11 Å². The largest absolute Gasteiger partial charge is 0.395 e. The Balaban J connectivity index is 2.66. The molecular formula is C10H21NO3S. The summed E-state index contributed by atoms with van der Waals surface area (Å²) in [5, 5.41) is 8.25. The lowest BCUT2D eigenvalue weighted by atomic mass is 10.1. The lowest BCUT2D eigenvalue weighted by molar-refractivity contribution is 0.285. The van der Waals surface area contributed by atoms with Crippen LogP contribution < -0.4 is 0 Å². The Morgan fingerprint density at radius 2 is 1.60 bits per heavy atom. The van der Waals surface area contributed by atoms with E-state index in [9.17, 15) is 8.42 Å². The SMILES string of the molecule is CC(CO)S(=O)(=O)N1CCCCCCC1. The topological polar surface area (TPSA) is 57.6 Å². The van der Waals surface area contributed by atoms with Gasteiger partial charge in [0.1, 0.15) is 0 Å². The molecule has 1 aliphatic rings. The molecule has 1 heterocycles. The van der Waals surface area contributed by atoms with Crippen LogP contribution in [-0.4, -0.2) is 42.8 Å². The van der Waals surface area contributed by atoms with E-state index in [0.717, 1.165) is 25.7 Å². The summed E-state index contributed by atoms with van der Waals surface area (Å²) in [5.74, 6) is 0. The number of sulfonamides is 1. The number of rotatable bonds is 3. The van der Waals surface area contributed by atoms with Gasteiger partial charge in [-0.05, 0) is 19.8 Å². The molecule has 1 aliphatic heterocycles. The summed E-state index contributed by atoms with van der Waals surface area (Å²) >= 11 is 0. The first-order chi connectivity index (χ1) is 7.09. The Kier molecular flexibility index (Phi) is 5.02. The van der Waals surface area contributed by atoms with Crippen molar-refractivity contribution in [2.45, 2.75) is 44.3 Å². The van der Waals surface area contributed by atoms with Crippen LogP contribution in [-0.2, 0) is 10.0 Å². The highest BCUT2D eigenvalue weighted by atomic mass is 32.2. The zero-order chi connectivity index (χ0) is 11.3. The summed E-state index contributed by atoms with van der Waals surface area (Å²) in [6, 6.07) is 0. The number of aliphatic hydroxyl groups excluding tert-OH is 1. The third-order valence-electron chi connectivity index (χ3n) is 2.94. The molecule has 0 aromatic rings. The molecule has 0 spiro atoms. The first-order valence-electron chi connectivity index (χ1n) is 5.69. The van der Waals surface area contributed by atoms with E-state index in [1.807, 2.05) is 0 Å². The second-order valence-electron chi connectivity index (χ2n) is 4.20. The molecule has 0 radical (unpaired) electrons. The highest BCUT2D eigenvalue weighted by Gasteiger charge is 2.27. The number of aliphatic hydroxyl groups is 1. The Morgan fingerprint density at radius 1 is 1.13 bits per heavy atom. The highest BCUT2D eigenvalue weighted by Crippen LogP contribution is 2.16. The third kappa shape index (κ3) is 3.43. The van der Waals surface area contributed by atoms with Crippen molar-refractivity contribution in [1.82, 2.24) is 4.31 Å². The maximum Gasteiger partial charge on any atom is 0.218 e. The Hall–Kier alpha value is -0.130. The molecule has 0 aromatic heterocycles. The van der Waals surface area contributed by atoms with Crippen LogP contribution in [0.25, 0.3) is 0 Å². The van der Waals surface area contributed by atoms with Gasteiger partial charge in [-0.25, -0.2) is 12.7 Å². The molecule has 0 bridgehead atoms. The number of hydrogen-bond acceptors (Lipinski definition) is 3. The van der Waals surface area contributed by atoms with Gasteiger partial charge in [-0.1, -0.05) is 19.3 Å². The second-order valence-corrected chi connectivity index (χ2v) is 6.56. The van der Waals surface area contributed by atoms with Crippen LogP contribution in [0, 0.1) is 0 Å². The summed E-state index contributed by atoms with van der Waals surface area (Å²) in [4.78, 5) is 0. The predicted molar refractivity (Wildman–Crippen MR) is 60.1 cm³/mol. The second kappa shape index (κ2) is 5.82. The molecule has 0 saturated carbocycles. The molecule has 1 atom stereocenters. The zero-order valence-corrected chi connectivity index (χ0v) is 10.2. The average molecular weight is 235 g/mol. The molecule has 1 rings (SSSR count). The monoisotopic (exact) mass is 235 g/mol. The lowest BCUT2D eigenvalue weighted by Crippen LogP contribution is -2.40. The van der Waals surface area contributed by atoms with Gasteiger partial charge in [-0.2, -0.15) is 0 Å². The van der Waals surface area contributed by atoms with Crippen LogP contribution in [0.2, 0.25) is 0 Å². The van der Waals surface area contributed by atoms with Crippen molar-refractivity contribution in [3.63, 3.8) is 0 Å². The van der Waals surface area contributed by atoms with Crippen LogP contribution in [0.1, 0.15) is 39.0 Å². The molecule has 90 valence electrons. The first kappa shape index (κ1) is 12.9. The van der Waals surface area contributed by atoms with E-state index in [1.54, 1.807) is 11.2 Å². The van der Waals surface area contributed by atoms with E-state index >= 15 is 0 Å². The van der Waals surface area contributed by atoms with Crippen LogP contribution >= 0.6 is 0 Å². The minimum atomic E-state index is -3.27. The minimum Gasteiger partial charge on any atom is -0.395 e. The maximum absolute atomic E-state index is 11.9. The van der Waals surface area contributed by atoms with Crippen LogP contribution in [0.5, 0.6) is 0 Å². The molecule has 15 heavy (non-hydrogen) atoms. The van der Waals surface area contributed by atoms with Gasteiger partial charge in [0, 0.05) is 13.1 Å². The van der Waals surface area contributed by atoms with Crippen LogP contribution in [0.3, 0.4) is 0 Å². The summed E-state index contributed by atoms with van der Waals surface area (Å²) in [6.07, 6.45) is 5.32. The smallest absolute Gasteiger partial charge is 0.218 e. The van der Waals surface area contributed by atoms with Gasteiger partial charge in [0.2, 0.25) is 10.0 Å². The van der Waals surface area contributed by atoms with Crippen molar-refractivity contribution in [2.75, 3.05) is 19.7 Å². The fourth-order valence-corrected chi connectivity index (χ4v) is 3.29. The molecule has 1 saturated heterocycles. The van der Waals surface area contributed by atoms with Crippen molar-refractivity contribution in [3.05, 3.63) is 0 Å². The summed E-state index contributed by atoms with van der Waals surface area (Å²) in [7, 11) is -3.27. The molecule has 4 nitrogen and oxygen atoms in total. The van der Waals surface area contributed by atoms with E-state index in [0.29, 0.717) is 13.1 Å². The molecule has 0 aromatic carbocycles. The van der Waals surface area contributed by atoms with Gasteiger partial charge in [0.25, 0.3) is 0 Å². The van der Waals surface area contributed by atoms with E-state index in [1.165, 1.54) is 6.42 Å². The Bertz CT molecular complexity index is 268. The predicted octanol–water partition coefficient (Wildman–Crippen LogP) is 0.963. The van der Waals surface area contributed by atoms with Crippen molar-refractivity contribution < 1.29 is 13.5 Å². The van der Waals surface area contributed by atoms with Gasteiger partial charge in [0.15, 0.2) is 0 Å². The number of nitrogens with zero attached hydrogens (tertiary/aromatic N) is 1. The molecule has 1 N–H and O–H groups in total. The van der Waals surface area contributed by atoms with Gasteiger partial charge in [0.05, 0.1) is 11.9 Å². The number of hydrogen-bond donors (Lipinski definition) is 1. The summed E-state index contributed by atoms with van der Waals surface area (Å²) in [5.41, 5.74) is 0. The molecule has 5 heteroatoms. The fourth-order valence-electron chi connectivity index (χ4n) is 1.82. The summed E-state index contributed by atoms with van der Waals surface area (Å²) in [6.45, 7) is 2.51. The quantitative estimate of drug-likeness (QED) is 0.793. The summed E-state index contributed by atoms with van der Waals surface area (Å²) < 4.78 is 25.4. The average Bonchev–Trinajstić information content (AvgIpc) is 2.15. The van der Waals surface area contributed by atoms with Gasteiger partial charge in [-0.15, -0.1) is 0 Å². The molecular weight excluding hydrogens is 214 g/mol. The van der Waals surface area contributed by atoms with Crippen molar-refractivity contribution in [3.8, 4) is 0 Å². The Labute approximate surface area is 92.3 Å². The lowest BCUT2D eigenvalue weighted by Gasteiger charge is -2.26. The third-order valence-corrected chi connectivity index (χ3v) is 5.19. The van der Waals surface area contributed by atoms with E-state index < -0.39 is 15.3 Å². The van der Waals surface area contributed by atoms with Crippen molar-refractivity contribution in [2.24, 2.45) is 0 Å². The molecule has 0 aliphatic carbocycles. The zero-order valence-electron chi connectivity index (χ0n) is 9.35. The van der Waals surface area contributed by atoms with Gasteiger partial charge < -0.3 is 5.11 Å². The van der Waals surface area contributed by atoms with Crippen molar-refractivity contribution >= 4 is 10.0 Å². The van der Waals surface area contributed by atoms with E-state index in [-0.39, 0.29) is 6.61 Å². The normalized spacial score (nSPS) is 23.1. The fraction of sp³-hybridized carbons (Fsp3) is 1.00. The first-order valence-corrected chi connectivity index (χ1v) is 7.19. The van der Waals surface area contributed by atoms with Crippen LogP contribution in [0.15, 0.2) is 0 Å². The van der Waals surface area contributed by atoms with E-state index in [2.05, 4.69) is 0 Å². The maximum atomic E-state index is 11.9. The van der Waals surface area contributed by atoms with Crippen LogP contribution in [0.4, 0.5) is 0 Å². The standard InChI is InChI=1S/C10H21NO3S/c1-10(9-12)15(13,14)11-7-5-3-2-4-6-8-11/h10,12H,2-9H2,1H3. The van der Waals surface area contributed by atoms with Crippen molar-refractivity contribution in [1.29, 1.82) is 0 Å². The van der Waals surface area contributed by atoms with Gasteiger partial charge >= 0.3 is 0 Å². The molecule has 1 fully saturated rings. The Morgan fingerprint density at radius 3 is 2.07 bits per heavy atom. The van der Waals surface area contributed by atoms with Gasteiger partial charge in [-0.3, -0.25) is 0 Å². The highest BCUT2D eigenvalue weighted by molar-refractivity contribution is 7.89. The molecule has 1 unspecified atom stereocenters. The minimum absolute atomic E-state index is 0.293. The molecule has 0 amide bonds.